The van der Waals surface area contributed by atoms with Gasteiger partial charge in [-0.3, -0.25) is 24.5 Å². The maximum Gasteiger partial charge on any atom is 0.413 e. The van der Waals surface area contributed by atoms with E-state index in [2.05, 4.69) is 48.3 Å². The van der Waals surface area contributed by atoms with Crippen molar-refractivity contribution in [3.8, 4) is 17.1 Å². The summed E-state index contributed by atoms with van der Waals surface area (Å²) >= 11 is 1.21. The van der Waals surface area contributed by atoms with Crippen molar-refractivity contribution in [3.63, 3.8) is 0 Å². The van der Waals surface area contributed by atoms with E-state index in [-0.39, 0.29) is 78.4 Å². The smallest absolute Gasteiger partial charge is 0.413 e. The Bertz CT molecular complexity index is 3440. The van der Waals surface area contributed by atoms with E-state index in [1.54, 1.807) is 42.6 Å². The second-order valence-corrected chi connectivity index (χ2v) is 23.8. The number of ether oxygens (including phenoxy) is 5. The molecule has 14 atom stereocenters. The fourth-order valence-corrected chi connectivity index (χ4v) is 14.4. The van der Waals surface area contributed by atoms with Crippen LogP contribution < -0.4 is 20.7 Å². The number of aliphatic carboxylic acids is 1. The summed E-state index contributed by atoms with van der Waals surface area (Å²) in [5, 5.41) is 86.7. The van der Waals surface area contributed by atoms with E-state index in [1.165, 1.54) is 35.9 Å². The highest BCUT2D eigenvalue weighted by atomic mass is 32.1. The zero-order valence-electron chi connectivity index (χ0n) is 46.0. The monoisotopic (exact) mass is 1190 g/mol. The summed E-state index contributed by atoms with van der Waals surface area (Å²) in [6.45, 7) is 2.91. The number of ketones is 2. The van der Waals surface area contributed by atoms with Crippen molar-refractivity contribution in [2.24, 2.45) is 28.6 Å². The first-order valence-electron chi connectivity index (χ1n) is 27.7. The lowest BCUT2D eigenvalue weighted by atomic mass is 9.46. The van der Waals surface area contributed by atoms with E-state index in [0.717, 1.165) is 22.4 Å². The molecular weight excluding hydrogens is 1120 g/mol. The Balaban J connectivity index is 0.695. The van der Waals surface area contributed by atoms with E-state index in [9.17, 15) is 59.4 Å². The molecule has 5 aromatic rings. The van der Waals surface area contributed by atoms with Crippen molar-refractivity contribution in [1.82, 2.24) is 30.7 Å². The van der Waals surface area contributed by atoms with Crippen LogP contribution in [0.2, 0.25) is 0 Å². The number of anilines is 2. The standard InChI is InChI=1S/C59H62N8O17S/c1-57-17-15-35(69)22-34(57)12-13-37-38-23-43-59(42(71)26-68,58(38,2)24-40(70)46(37)57)84-53(82-43)33-10-5-29(6-11-33)19-36-25-61-55(85-36)65-56(79)80-27-31-7-14-41(81-54-49(76)47(74)48(75)50(83-54)52(77)78)39(20-31)64-44(72)16-18-60-45(73)21-30-3-8-32(9-4-30)51-66-62-28-63-67-51/h3-11,14-15,17,20,22,25,28,37-38,40,43,46-50,53-54,68,70,74-76H,12-13,16,18-19,21,23-24,26-27H2,1-2H3,(H,60,73)(H,64,72)(H,77,78)(H,61,65,79)/t37-,38-,40-,43+,46+,47-,48-,49+,50-,53+,54+,57-,58-,59+/m0/s1. The summed E-state index contributed by atoms with van der Waals surface area (Å²) in [5.74, 6) is -3.18. The molecule has 25 nitrogen and oxygen atoms in total. The molecule has 6 aliphatic rings. The number of carbonyl (C=O) groups is 6. The number of fused-ring (bicyclic) bond motifs is 7. The van der Waals surface area contributed by atoms with Gasteiger partial charge in [-0.2, -0.15) is 0 Å². The lowest BCUT2D eigenvalue weighted by Gasteiger charge is -2.59. The number of Topliss-reactive ketones (excluding diaryl/α,β-unsaturated/α-hetero) is 1. The number of allylic oxidation sites excluding steroid dienone is 4. The number of hydrogen-bond donors (Lipinski definition) is 9. The zero-order chi connectivity index (χ0) is 60.0. The van der Waals surface area contributed by atoms with Crippen molar-refractivity contribution >= 4 is 57.6 Å². The van der Waals surface area contributed by atoms with Crippen molar-refractivity contribution < 1.29 is 83.1 Å². The maximum atomic E-state index is 14.0. The minimum atomic E-state index is -1.99. The molecule has 4 aliphatic carbocycles. The first-order valence-corrected chi connectivity index (χ1v) is 28.5. The van der Waals surface area contributed by atoms with Crippen LogP contribution in [0.3, 0.4) is 0 Å². The molecule has 3 aromatic carbocycles. The van der Waals surface area contributed by atoms with Gasteiger partial charge in [-0.15, -0.1) is 31.7 Å². The highest BCUT2D eigenvalue weighted by Crippen LogP contribution is 2.70. The molecule has 2 aromatic heterocycles. The molecule has 0 bridgehead atoms. The van der Waals surface area contributed by atoms with Gasteiger partial charge in [0.25, 0.3) is 0 Å². The molecule has 9 N–H and O–H groups in total. The minimum Gasteiger partial charge on any atom is -0.479 e. The highest BCUT2D eigenvalue weighted by Gasteiger charge is 2.76. The van der Waals surface area contributed by atoms with Crippen LogP contribution in [0.15, 0.2) is 103 Å². The Morgan fingerprint density at radius 2 is 1.61 bits per heavy atom. The molecule has 3 saturated carbocycles. The number of thiazole rings is 1. The fraction of sp³-hybridized carbons (Fsp3) is 0.441. The van der Waals surface area contributed by atoms with Gasteiger partial charge >= 0.3 is 12.1 Å². The second kappa shape index (κ2) is 23.9. The largest absolute Gasteiger partial charge is 0.479 e. The molecular formula is C59H62N8O17S. The third-order valence-electron chi connectivity index (χ3n) is 17.6. The minimum absolute atomic E-state index is 0.00202. The molecule has 2 saturated heterocycles. The van der Waals surface area contributed by atoms with Crippen molar-refractivity contribution in [1.29, 1.82) is 0 Å². The van der Waals surface area contributed by atoms with Crippen LogP contribution in [0.4, 0.5) is 15.6 Å². The number of aliphatic hydroxyl groups excluding tert-OH is 5. The number of carbonyl (C=O) groups excluding carboxylic acids is 5. The maximum absolute atomic E-state index is 14.0. The van der Waals surface area contributed by atoms with Gasteiger partial charge in [0.15, 0.2) is 41.0 Å². The van der Waals surface area contributed by atoms with Gasteiger partial charge in [-0.25, -0.2) is 14.6 Å². The molecule has 11 rings (SSSR count). The molecule has 3 amide bonds. The van der Waals surface area contributed by atoms with Gasteiger partial charge in [-0.05, 0) is 78.5 Å². The topological polar surface area (TPSA) is 370 Å². The molecule has 0 radical (unpaired) electrons. The van der Waals surface area contributed by atoms with Crippen molar-refractivity contribution in [2.45, 2.75) is 120 Å². The lowest BCUT2D eigenvalue weighted by Crippen LogP contribution is -2.63. The van der Waals surface area contributed by atoms with Crippen LogP contribution in [0.25, 0.3) is 11.4 Å². The van der Waals surface area contributed by atoms with Crippen LogP contribution in [-0.2, 0) is 62.4 Å². The van der Waals surface area contributed by atoms with E-state index < -0.39 is 96.0 Å². The average molecular weight is 1190 g/mol. The second-order valence-electron chi connectivity index (χ2n) is 22.7. The predicted molar refractivity (Wildman–Crippen MR) is 296 cm³/mol. The number of hydrogen-bond acceptors (Lipinski definition) is 22. The number of nitrogens with one attached hydrogen (secondary N) is 3. The Kier molecular flexibility index (Phi) is 16.6. The normalized spacial score (nSPS) is 30.8. The van der Waals surface area contributed by atoms with E-state index >= 15 is 0 Å². The van der Waals surface area contributed by atoms with Crippen LogP contribution in [0.1, 0.15) is 79.4 Å². The third-order valence-corrected chi connectivity index (χ3v) is 18.5. The number of benzene rings is 3. The zero-order valence-corrected chi connectivity index (χ0v) is 46.8. The van der Waals surface area contributed by atoms with Gasteiger partial charge in [0.05, 0.1) is 24.3 Å². The summed E-state index contributed by atoms with van der Waals surface area (Å²) < 4.78 is 30.0. The van der Waals surface area contributed by atoms with E-state index in [4.69, 9.17) is 23.7 Å². The molecule has 26 heteroatoms. The van der Waals surface area contributed by atoms with Crippen molar-refractivity contribution in [3.05, 3.63) is 130 Å². The molecule has 85 heavy (non-hydrogen) atoms. The van der Waals surface area contributed by atoms with Crippen LogP contribution >= 0.6 is 11.3 Å². The number of aliphatic hydroxyl groups is 5. The van der Waals surface area contributed by atoms with E-state index in [0.29, 0.717) is 47.3 Å². The highest BCUT2D eigenvalue weighted by molar-refractivity contribution is 7.15. The Morgan fingerprint density at radius 1 is 0.871 bits per heavy atom. The number of amides is 3. The predicted octanol–water partition coefficient (Wildman–Crippen LogP) is 3.29. The molecule has 4 heterocycles. The first kappa shape index (κ1) is 59.0. The van der Waals surface area contributed by atoms with Gasteiger partial charge in [0, 0.05) is 58.3 Å². The number of carboxylic acid groups (broad SMARTS) is 1. The molecule has 2 aliphatic heterocycles. The Labute approximate surface area is 489 Å². The van der Waals surface area contributed by atoms with Gasteiger partial charge in [0.1, 0.15) is 37.3 Å². The van der Waals surface area contributed by atoms with Crippen LogP contribution in [0, 0.1) is 28.6 Å². The summed E-state index contributed by atoms with van der Waals surface area (Å²) in [6, 6.07) is 18.5. The molecule has 0 unspecified atom stereocenters. The van der Waals surface area contributed by atoms with Gasteiger partial charge in [-0.1, -0.05) is 80.1 Å². The summed E-state index contributed by atoms with van der Waals surface area (Å²) in [5.41, 5.74) is 1.35. The number of rotatable bonds is 18. The summed E-state index contributed by atoms with van der Waals surface area (Å²) in [6.07, 6.45) is -2.47. The van der Waals surface area contributed by atoms with Gasteiger partial charge < -0.3 is 65.0 Å². The molecule has 446 valence electrons. The number of aromatic nitrogens is 5. The lowest BCUT2D eigenvalue weighted by molar-refractivity contribution is -0.271. The SMILES string of the molecule is C[C@]12C=CC(=O)C=C1CC[C@@H]1[C@@H]2[C@@H](O)C[C@@]2(C)[C@H]1C[C@H]1O[C@@H](c3ccc(Cc4cnc(NC(=O)OCc5ccc(O[C@@H]6O[C@H](C(=O)O)[C@@H](O)[C@H](O)[C@H]6O)c(NC(=O)CCNC(=O)Cc6ccc(-c7nncnn7)cc6)c5)s4)cc3)O[C@]12C(=O)CO. The number of carboxylic acids is 1. The van der Waals surface area contributed by atoms with Crippen molar-refractivity contribution in [2.75, 3.05) is 23.8 Å². The van der Waals surface area contributed by atoms with Crippen LogP contribution in [-0.4, -0.2) is 153 Å². The summed E-state index contributed by atoms with van der Waals surface area (Å²) in [4.78, 5) is 82.6. The molecule has 0 spiro atoms. The van der Waals surface area contributed by atoms with Gasteiger partial charge in [0.2, 0.25) is 23.9 Å². The first-order chi connectivity index (χ1) is 40.8. The van der Waals surface area contributed by atoms with E-state index in [1.807, 2.05) is 37.3 Å². The average Bonchev–Trinajstić information content (AvgIpc) is 1.56. The van der Waals surface area contributed by atoms with Crippen LogP contribution in [0.5, 0.6) is 5.75 Å². The fourth-order valence-electron chi connectivity index (χ4n) is 13.6. The third kappa shape index (κ3) is 11.5. The molecule has 5 fully saturated rings. The Morgan fingerprint density at radius 3 is 2.35 bits per heavy atom. The summed E-state index contributed by atoms with van der Waals surface area (Å²) in [7, 11) is 0. The number of nitrogens with zero attached hydrogens (tertiary/aromatic N) is 5. The quantitative estimate of drug-likeness (QED) is 0.0608. The Hall–Kier alpha value is -7.79.